The van der Waals surface area contributed by atoms with Crippen molar-refractivity contribution in [3.63, 3.8) is 0 Å². The Morgan fingerprint density at radius 3 is 2.78 bits per heavy atom. The van der Waals surface area contributed by atoms with E-state index in [4.69, 9.17) is 4.74 Å². The first-order valence-electron chi connectivity index (χ1n) is 10.6. The van der Waals surface area contributed by atoms with E-state index in [1.54, 1.807) is 17.5 Å². The Kier molecular flexibility index (Phi) is 7.97. The molecule has 172 valence electrons. The number of carbonyl (C=O) groups is 1. The van der Waals surface area contributed by atoms with E-state index in [1.807, 2.05) is 45.2 Å². The molecule has 1 amide bonds. The Bertz CT molecular complexity index is 1090. The van der Waals surface area contributed by atoms with Gasteiger partial charge in [0.1, 0.15) is 11.9 Å². The average Bonchev–Trinajstić information content (AvgIpc) is 3.17. The lowest BCUT2D eigenvalue weighted by molar-refractivity contribution is -0.128. The fourth-order valence-corrected chi connectivity index (χ4v) is 3.86. The summed E-state index contributed by atoms with van der Waals surface area (Å²) in [6.45, 7) is 5.92. The molecular formula is C23H29BrFN5O2. The maximum Gasteiger partial charge on any atom is 0.240 e. The number of halogens is 2. The third-order valence-corrected chi connectivity index (χ3v) is 6.03. The molecule has 0 fully saturated rings. The lowest BCUT2D eigenvalue weighted by atomic mass is 9.95. The van der Waals surface area contributed by atoms with Crippen LogP contribution in [0.1, 0.15) is 49.7 Å². The lowest BCUT2D eigenvalue weighted by Crippen LogP contribution is -2.54. The standard InChI is InChI=1S/C23H29BrFN5O2/c1-5-10-23(3,26-4)22(31)27-19(14-32-13-16-7-6-15(2)11-18(16)25)21-29-28-20-9-8-17(24)12-30(20)21/h6-9,11-12,19,26H,5,10,13-14H2,1-4H3,(H,27,31). The first-order valence-corrected chi connectivity index (χ1v) is 11.4. The number of amides is 1. The predicted octanol–water partition coefficient (Wildman–Crippen LogP) is 4.09. The second-order valence-electron chi connectivity index (χ2n) is 8.10. The van der Waals surface area contributed by atoms with E-state index in [1.165, 1.54) is 6.07 Å². The molecule has 3 aromatic rings. The first-order chi connectivity index (χ1) is 15.3. The molecule has 0 spiro atoms. The molecule has 2 N–H and O–H groups in total. The molecule has 0 saturated carbocycles. The van der Waals surface area contributed by atoms with Crippen molar-refractivity contribution >= 4 is 27.5 Å². The van der Waals surface area contributed by atoms with E-state index in [0.717, 1.165) is 16.5 Å². The molecule has 2 heterocycles. The monoisotopic (exact) mass is 505 g/mol. The number of carbonyl (C=O) groups excluding carboxylic acids is 1. The van der Waals surface area contributed by atoms with Gasteiger partial charge in [0.15, 0.2) is 11.5 Å². The van der Waals surface area contributed by atoms with Gasteiger partial charge >= 0.3 is 0 Å². The van der Waals surface area contributed by atoms with Crippen LogP contribution in [0.2, 0.25) is 0 Å². The minimum atomic E-state index is -0.739. The number of ether oxygens (including phenoxy) is 1. The maximum atomic E-state index is 14.2. The molecule has 9 heteroatoms. The number of nitrogens with one attached hydrogen (secondary N) is 2. The first kappa shape index (κ1) is 24.3. The highest BCUT2D eigenvalue weighted by atomic mass is 79.9. The smallest absolute Gasteiger partial charge is 0.240 e. The van der Waals surface area contributed by atoms with Gasteiger partial charge in [-0.3, -0.25) is 9.20 Å². The van der Waals surface area contributed by atoms with Crippen molar-refractivity contribution in [3.05, 3.63) is 63.8 Å². The molecule has 0 aliphatic heterocycles. The zero-order valence-corrected chi connectivity index (χ0v) is 20.4. The quantitative estimate of drug-likeness (QED) is 0.433. The highest BCUT2D eigenvalue weighted by Crippen LogP contribution is 2.20. The van der Waals surface area contributed by atoms with Gasteiger partial charge < -0.3 is 15.4 Å². The maximum absolute atomic E-state index is 14.2. The second kappa shape index (κ2) is 10.5. The van der Waals surface area contributed by atoms with Crippen LogP contribution in [0.3, 0.4) is 0 Å². The number of aryl methyl sites for hydroxylation is 1. The fourth-order valence-electron chi connectivity index (χ4n) is 3.53. The van der Waals surface area contributed by atoms with Crippen molar-refractivity contribution in [2.24, 2.45) is 0 Å². The number of aromatic nitrogens is 3. The van der Waals surface area contributed by atoms with Crippen LogP contribution in [-0.4, -0.2) is 39.7 Å². The van der Waals surface area contributed by atoms with Crippen LogP contribution in [0.25, 0.3) is 5.65 Å². The average molecular weight is 506 g/mol. The number of pyridine rings is 1. The molecule has 0 radical (unpaired) electrons. The Balaban J connectivity index is 1.85. The van der Waals surface area contributed by atoms with Gasteiger partial charge in [0.25, 0.3) is 0 Å². The lowest BCUT2D eigenvalue weighted by Gasteiger charge is -2.30. The molecule has 1 aromatic carbocycles. The summed E-state index contributed by atoms with van der Waals surface area (Å²) in [7, 11) is 1.77. The zero-order chi connectivity index (χ0) is 23.3. The predicted molar refractivity (Wildman–Crippen MR) is 125 cm³/mol. The number of hydrogen-bond acceptors (Lipinski definition) is 5. The molecule has 2 atom stereocenters. The summed E-state index contributed by atoms with van der Waals surface area (Å²) in [6, 6.07) is 8.15. The van der Waals surface area contributed by atoms with E-state index >= 15 is 0 Å². The van der Waals surface area contributed by atoms with Crippen LogP contribution < -0.4 is 10.6 Å². The van der Waals surface area contributed by atoms with Crippen LogP contribution >= 0.6 is 15.9 Å². The SMILES string of the molecule is CCCC(C)(NC)C(=O)NC(COCc1ccc(C)cc1F)c1nnc2ccc(Br)cn12. The molecule has 7 nitrogen and oxygen atoms in total. The summed E-state index contributed by atoms with van der Waals surface area (Å²) >= 11 is 3.47. The van der Waals surface area contributed by atoms with Crippen LogP contribution in [-0.2, 0) is 16.1 Å². The molecule has 32 heavy (non-hydrogen) atoms. The highest BCUT2D eigenvalue weighted by molar-refractivity contribution is 9.10. The van der Waals surface area contributed by atoms with Crippen LogP contribution in [0.15, 0.2) is 41.0 Å². The summed E-state index contributed by atoms with van der Waals surface area (Å²) in [5.74, 6) is 0.0610. The normalized spacial score (nSPS) is 14.3. The van der Waals surface area contributed by atoms with Gasteiger partial charge in [0.05, 0.1) is 18.8 Å². The van der Waals surface area contributed by atoms with Gasteiger partial charge in [0.2, 0.25) is 5.91 Å². The van der Waals surface area contributed by atoms with Crippen molar-refractivity contribution in [1.29, 1.82) is 0 Å². The van der Waals surface area contributed by atoms with E-state index in [-0.39, 0.29) is 24.9 Å². The number of benzene rings is 1. The Morgan fingerprint density at radius 1 is 1.31 bits per heavy atom. The van der Waals surface area contributed by atoms with Gasteiger partial charge in [-0.05, 0) is 67.0 Å². The molecule has 0 aliphatic carbocycles. The van der Waals surface area contributed by atoms with Gasteiger partial charge in [0, 0.05) is 16.2 Å². The van der Waals surface area contributed by atoms with Crippen molar-refractivity contribution in [2.45, 2.75) is 51.8 Å². The Morgan fingerprint density at radius 2 is 2.09 bits per heavy atom. The van der Waals surface area contributed by atoms with E-state index in [2.05, 4.69) is 36.8 Å². The number of likely N-dealkylation sites (N-methyl/N-ethyl adjacent to an activating group) is 1. The molecule has 2 aromatic heterocycles. The van der Waals surface area contributed by atoms with Gasteiger partial charge in [-0.1, -0.05) is 25.5 Å². The molecule has 2 unspecified atom stereocenters. The van der Waals surface area contributed by atoms with Gasteiger partial charge in [-0.2, -0.15) is 0 Å². The van der Waals surface area contributed by atoms with Crippen molar-refractivity contribution in [2.75, 3.05) is 13.7 Å². The number of rotatable bonds is 10. The van der Waals surface area contributed by atoms with Crippen molar-refractivity contribution in [1.82, 2.24) is 25.2 Å². The Hall–Kier alpha value is -2.36. The highest BCUT2D eigenvalue weighted by Gasteiger charge is 2.33. The molecule has 0 aliphatic rings. The van der Waals surface area contributed by atoms with Crippen LogP contribution in [0.5, 0.6) is 0 Å². The van der Waals surface area contributed by atoms with Crippen LogP contribution in [0, 0.1) is 12.7 Å². The topological polar surface area (TPSA) is 80.5 Å². The van der Waals surface area contributed by atoms with E-state index in [9.17, 15) is 9.18 Å². The number of hydrogen-bond donors (Lipinski definition) is 2. The third-order valence-electron chi connectivity index (χ3n) is 5.56. The molecular weight excluding hydrogens is 477 g/mol. The number of nitrogens with zero attached hydrogens (tertiary/aromatic N) is 3. The molecule has 0 saturated heterocycles. The minimum absolute atomic E-state index is 0.0805. The summed E-state index contributed by atoms with van der Waals surface area (Å²) in [6.07, 6.45) is 3.36. The Labute approximate surface area is 195 Å². The summed E-state index contributed by atoms with van der Waals surface area (Å²) in [4.78, 5) is 13.2. The second-order valence-corrected chi connectivity index (χ2v) is 9.02. The summed E-state index contributed by atoms with van der Waals surface area (Å²) in [5, 5.41) is 14.7. The largest absolute Gasteiger partial charge is 0.374 e. The van der Waals surface area contributed by atoms with Crippen molar-refractivity contribution < 1.29 is 13.9 Å². The van der Waals surface area contributed by atoms with E-state index in [0.29, 0.717) is 23.5 Å². The van der Waals surface area contributed by atoms with Gasteiger partial charge in [-0.25, -0.2) is 4.39 Å². The molecule has 3 rings (SSSR count). The van der Waals surface area contributed by atoms with Crippen molar-refractivity contribution in [3.8, 4) is 0 Å². The zero-order valence-electron chi connectivity index (χ0n) is 18.8. The van der Waals surface area contributed by atoms with Crippen LogP contribution in [0.4, 0.5) is 4.39 Å². The third kappa shape index (κ3) is 5.51. The van der Waals surface area contributed by atoms with E-state index < -0.39 is 11.6 Å². The van der Waals surface area contributed by atoms with Gasteiger partial charge in [-0.15, -0.1) is 10.2 Å². The summed E-state index contributed by atoms with van der Waals surface area (Å²) < 4.78 is 22.7. The molecule has 0 bridgehead atoms. The summed E-state index contributed by atoms with van der Waals surface area (Å²) in [5.41, 5.74) is 1.22. The minimum Gasteiger partial charge on any atom is -0.374 e. The fraction of sp³-hybridized carbons (Fsp3) is 0.435. The number of fused-ring (bicyclic) bond motifs is 1.